The molecule has 124 valence electrons. The van der Waals surface area contributed by atoms with Gasteiger partial charge in [-0.15, -0.1) is 0 Å². The minimum atomic E-state index is -0.750. The number of piperidine rings is 1. The summed E-state index contributed by atoms with van der Waals surface area (Å²) in [5.41, 5.74) is 1.33. The van der Waals surface area contributed by atoms with Gasteiger partial charge in [0.05, 0.1) is 0 Å². The second kappa shape index (κ2) is 8.20. The standard InChI is InChI=1S/C17H28N2O3/c1-13-4-6-14(7-5-13)11-18-17(22)19-10-2-3-15(12-19)8-9-16(20)21/h14-15H,1-12H2,(H,18,22)(H,20,21). The van der Waals surface area contributed by atoms with E-state index in [1.807, 2.05) is 4.90 Å². The molecule has 1 atom stereocenters. The number of nitrogens with zero attached hydrogens (tertiary/aromatic N) is 1. The van der Waals surface area contributed by atoms with E-state index in [0.717, 1.165) is 51.6 Å². The molecule has 0 radical (unpaired) electrons. The van der Waals surface area contributed by atoms with Crippen LogP contribution < -0.4 is 5.32 Å². The molecule has 0 aromatic carbocycles. The first-order chi connectivity index (χ1) is 10.5. The zero-order chi connectivity index (χ0) is 15.9. The maximum absolute atomic E-state index is 12.3. The Kier molecular flexibility index (Phi) is 6.28. The molecule has 2 amide bonds. The van der Waals surface area contributed by atoms with Gasteiger partial charge in [0.25, 0.3) is 0 Å². The van der Waals surface area contributed by atoms with Gasteiger partial charge in [0.2, 0.25) is 0 Å². The van der Waals surface area contributed by atoms with Crippen molar-refractivity contribution in [2.75, 3.05) is 19.6 Å². The molecule has 2 N–H and O–H groups in total. The number of hydrogen-bond donors (Lipinski definition) is 2. The van der Waals surface area contributed by atoms with Crippen LogP contribution in [0.5, 0.6) is 0 Å². The van der Waals surface area contributed by atoms with Gasteiger partial charge in [-0.1, -0.05) is 12.2 Å². The Balaban J connectivity index is 1.70. The highest BCUT2D eigenvalue weighted by molar-refractivity contribution is 5.74. The lowest BCUT2D eigenvalue weighted by molar-refractivity contribution is -0.137. The van der Waals surface area contributed by atoms with Crippen LogP contribution in [-0.4, -0.2) is 41.6 Å². The molecule has 0 aromatic rings. The number of carbonyl (C=O) groups is 2. The van der Waals surface area contributed by atoms with Crippen LogP contribution in [0.4, 0.5) is 4.79 Å². The van der Waals surface area contributed by atoms with Gasteiger partial charge in [-0.3, -0.25) is 4.79 Å². The molecule has 0 spiro atoms. The van der Waals surface area contributed by atoms with E-state index in [9.17, 15) is 9.59 Å². The molecule has 1 saturated heterocycles. The lowest BCUT2D eigenvalue weighted by atomic mass is 9.86. The minimum absolute atomic E-state index is 0.0180. The fourth-order valence-corrected chi connectivity index (χ4v) is 3.45. The number of urea groups is 1. The van der Waals surface area contributed by atoms with Gasteiger partial charge >= 0.3 is 12.0 Å². The average Bonchev–Trinajstić information content (AvgIpc) is 2.52. The Bertz CT molecular complexity index is 412. The van der Waals surface area contributed by atoms with E-state index in [1.165, 1.54) is 5.57 Å². The Hall–Kier alpha value is -1.52. The van der Waals surface area contributed by atoms with Crippen molar-refractivity contribution < 1.29 is 14.7 Å². The number of hydrogen-bond acceptors (Lipinski definition) is 2. The van der Waals surface area contributed by atoms with Crippen molar-refractivity contribution in [1.29, 1.82) is 0 Å². The predicted molar refractivity (Wildman–Crippen MR) is 85.7 cm³/mol. The summed E-state index contributed by atoms with van der Waals surface area (Å²) >= 11 is 0. The van der Waals surface area contributed by atoms with Crippen LogP contribution >= 0.6 is 0 Å². The summed E-state index contributed by atoms with van der Waals surface area (Å²) in [6.45, 7) is 6.25. The molecule has 2 rings (SSSR count). The van der Waals surface area contributed by atoms with E-state index < -0.39 is 5.97 Å². The summed E-state index contributed by atoms with van der Waals surface area (Å²) in [6.07, 6.45) is 7.29. The van der Waals surface area contributed by atoms with E-state index >= 15 is 0 Å². The van der Waals surface area contributed by atoms with Crippen LogP contribution in [0, 0.1) is 11.8 Å². The lowest BCUT2D eigenvalue weighted by Gasteiger charge is -2.33. The first-order valence-corrected chi connectivity index (χ1v) is 8.46. The molecular weight excluding hydrogens is 280 g/mol. The van der Waals surface area contributed by atoms with Gasteiger partial charge in [0.15, 0.2) is 0 Å². The predicted octanol–water partition coefficient (Wildman–Crippen LogP) is 3.02. The molecule has 0 bridgehead atoms. The summed E-state index contributed by atoms with van der Waals surface area (Å²) in [6, 6.07) is 0.0180. The normalized spacial score (nSPS) is 23.4. The highest BCUT2D eigenvalue weighted by Crippen LogP contribution is 2.26. The summed E-state index contributed by atoms with van der Waals surface area (Å²) in [5, 5.41) is 11.8. The molecular formula is C17H28N2O3. The molecule has 0 aromatic heterocycles. The average molecular weight is 308 g/mol. The smallest absolute Gasteiger partial charge is 0.317 e. The zero-order valence-corrected chi connectivity index (χ0v) is 13.4. The van der Waals surface area contributed by atoms with Crippen molar-refractivity contribution >= 4 is 12.0 Å². The Morgan fingerprint density at radius 3 is 2.64 bits per heavy atom. The van der Waals surface area contributed by atoms with E-state index in [4.69, 9.17) is 5.11 Å². The molecule has 1 aliphatic carbocycles. The van der Waals surface area contributed by atoms with Crippen molar-refractivity contribution in [3.63, 3.8) is 0 Å². The Morgan fingerprint density at radius 1 is 1.23 bits per heavy atom. The summed E-state index contributed by atoms with van der Waals surface area (Å²) < 4.78 is 0. The van der Waals surface area contributed by atoms with Gasteiger partial charge in [-0.25, -0.2) is 4.79 Å². The number of allylic oxidation sites excluding steroid dienone is 1. The second-order valence-electron chi connectivity index (χ2n) is 6.77. The van der Waals surface area contributed by atoms with Crippen LogP contribution in [0.2, 0.25) is 0 Å². The number of nitrogens with one attached hydrogen (secondary N) is 1. The minimum Gasteiger partial charge on any atom is -0.481 e. The van der Waals surface area contributed by atoms with Crippen molar-refractivity contribution in [2.24, 2.45) is 11.8 Å². The Labute approximate surface area is 132 Å². The SMILES string of the molecule is C=C1CCC(CNC(=O)N2CCCC(CCC(=O)O)C2)CC1. The van der Waals surface area contributed by atoms with Gasteiger partial charge in [-0.2, -0.15) is 0 Å². The fourth-order valence-electron chi connectivity index (χ4n) is 3.45. The van der Waals surface area contributed by atoms with Crippen LogP contribution in [0.15, 0.2) is 12.2 Å². The molecule has 1 aliphatic heterocycles. The number of carboxylic acids is 1. The maximum Gasteiger partial charge on any atom is 0.317 e. The van der Waals surface area contributed by atoms with Crippen LogP contribution in [0.3, 0.4) is 0 Å². The third-order valence-corrected chi connectivity index (χ3v) is 4.93. The third-order valence-electron chi connectivity index (χ3n) is 4.93. The van der Waals surface area contributed by atoms with E-state index in [0.29, 0.717) is 24.8 Å². The van der Waals surface area contributed by atoms with Crippen molar-refractivity contribution in [3.8, 4) is 0 Å². The summed E-state index contributed by atoms with van der Waals surface area (Å²) in [4.78, 5) is 24.8. The molecule has 1 saturated carbocycles. The van der Waals surface area contributed by atoms with Crippen molar-refractivity contribution in [1.82, 2.24) is 10.2 Å². The van der Waals surface area contributed by atoms with Crippen LogP contribution in [-0.2, 0) is 4.79 Å². The van der Waals surface area contributed by atoms with Crippen LogP contribution in [0.1, 0.15) is 51.4 Å². The number of likely N-dealkylation sites (tertiary alicyclic amines) is 1. The molecule has 2 fully saturated rings. The number of amides is 2. The topological polar surface area (TPSA) is 69.6 Å². The first kappa shape index (κ1) is 16.8. The van der Waals surface area contributed by atoms with Crippen molar-refractivity contribution in [2.45, 2.75) is 51.4 Å². The van der Waals surface area contributed by atoms with Gasteiger partial charge in [0.1, 0.15) is 0 Å². The highest BCUT2D eigenvalue weighted by Gasteiger charge is 2.24. The number of rotatable bonds is 5. The van der Waals surface area contributed by atoms with E-state index in [-0.39, 0.29) is 12.5 Å². The number of aliphatic carboxylic acids is 1. The molecule has 1 heterocycles. The highest BCUT2D eigenvalue weighted by atomic mass is 16.4. The third kappa shape index (κ3) is 5.35. The van der Waals surface area contributed by atoms with E-state index in [2.05, 4.69) is 11.9 Å². The lowest BCUT2D eigenvalue weighted by Crippen LogP contribution is -2.46. The first-order valence-electron chi connectivity index (χ1n) is 8.46. The monoisotopic (exact) mass is 308 g/mol. The largest absolute Gasteiger partial charge is 0.481 e. The molecule has 5 heteroatoms. The number of carbonyl (C=O) groups excluding carboxylic acids is 1. The van der Waals surface area contributed by atoms with E-state index in [1.54, 1.807) is 0 Å². The Morgan fingerprint density at radius 2 is 1.95 bits per heavy atom. The summed E-state index contributed by atoms with van der Waals surface area (Å²) in [5.74, 6) is 0.149. The molecule has 5 nitrogen and oxygen atoms in total. The summed E-state index contributed by atoms with van der Waals surface area (Å²) in [7, 11) is 0. The quantitative estimate of drug-likeness (QED) is 0.767. The molecule has 2 aliphatic rings. The molecule has 22 heavy (non-hydrogen) atoms. The van der Waals surface area contributed by atoms with Crippen LogP contribution in [0.25, 0.3) is 0 Å². The maximum atomic E-state index is 12.3. The molecule has 1 unspecified atom stereocenters. The van der Waals surface area contributed by atoms with Gasteiger partial charge < -0.3 is 15.3 Å². The van der Waals surface area contributed by atoms with Crippen molar-refractivity contribution in [3.05, 3.63) is 12.2 Å². The van der Waals surface area contributed by atoms with Gasteiger partial charge in [0, 0.05) is 26.1 Å². The number of carboxylic acid groups (broad SMARTS) is 1. The zero-order valence-electron chi connectivity index (χ0n) is 13.4. The fraction of sp³-hybridized carbons (Fsp3) is 0.765. The second-order valence-corrected chi connectivity index (χ2v) is 6.77. The van der Waals surface area contributed by atoms with Gasteiger partial charge in [-0.05, 0) is 56.8 Å².